The van der Waals surface area contributed by atoms with Crippen LogP contribution in [0.15, 0.2) is 38.4 Å². The second-order valence-corrected chi connectivity index (χ2v) is 7.09. The van der Waals surface area contributed by atoms with E-state index in [9.17, 15) is 27.9 Å². The summed E-state index contributed by atoms with van der Waals surface area (Å²) in [6.07, 6.45) is -6.04. The Bertz CT molecular complexity index is 1250. The zero-order valence-corrected chi connectivity index (χ0v) is 16.6. The van der Waals surface area contributed by atoms with Gasteiger partial charge in [-0.05, 0) is 17.7 Å². The van der Waals surface area contributed by atoms with Crippen LogP contribution in [0.2, 0.25) is 0 Å². The first-order chi connectivity index (χ1) is 15.1. The fourth-order valence-electron chi connectivity index (χ4n) is 3.35. The van der Waals surface area contributed by atoms with Crippen LogP contribution in [0.4, 0.5) is 13.2 Å². The topological polar surface area (TPSA) is 122 Å². The molecule has 1 aliphatic heterocycles. The summed E-state index contributed by atoms with van der Waals surface area (Å²) in [6, 6.07) is 4.71. The van der Waals surface area contributed by atoms with E-state index in [0.29, 0.717) is 16.8 Å². The highest BCUT2D eigenvalue weighted by Gasteiger charge is 2.31. The molecule has 0 bridgehead atoms. The number of aliphatic hydroxyl groups excluding tert-OH is 1. The van der Waals surface area contributed by atoms with Crippen molar-refractivity contribution in [2.45, 2.75) is 38.6 Å². The van der Waals surface area contributed by atoms with Gasteiger partial charge >= 0.3 is 12.1 Å². The van der Waals surface area contributed by atoms with Crippen molar-refractivity contribution in [2.75, 3.05) is 0 Å². The average Bonchev–Trinajstić information content (AvgIpc) is 3.39. The van der Waals surface area contributed by atoms with Crippen molar-refractivity contribution in [1.82, 2.24) is 19.3 Å². The zero-order valence-electron chi connectivity index (χ0n) is 16.6. The Morgan fingerprint density at radius 3 is 2.62 bits per heavy atom. The van der Waals surface area contributed by atoms with E-state index in [1.807, 2.05) is 0 Å². The number of fused-ring (bicyclic) bond motifs is 1. The summed E-state index contributed by atoms with van der Waals surface area (Å²) in [5.41, 5.74) is 0.175. The minimum absolute atomic E-state index is 0.0146. The number of halogens is 3. The van der Waals surface area contributed by atoms with Gasteiger partial charge in [0.2, 0.25) is 5.89 Å². The van der Waals surface area contributed by atoms with E-state index in [4.69, 9.17) is 9.26 Å². The molecule has 0 radical (unpaired) electrons. The standard InChI is InChI=1S/C19H17F3N4O6/c1-25-13-9-30-8-12(13)17(28)26(18(25)29)7-16-23-15(24-32-16)6-14(27)10-2-4-11(5-3-10)31-19(20,21)22/h2-5,14,27H,6-9H2,1H3/t14-/m0/s1. The maximum absolute atomic E-state index is 12.6. The Hall–Kier alpha value is -3.45. The Labute approximate surface area is 177 Å². The van der Waals surface area contributed by atoms with Crippen LogP contribution in [-0.4, -0.2) is 30.7 Å². The number of rotatable bonds is 6. The average molecular weight is 454 g/mol. The molecule has 1 aliphatic rings. The van der Waals surface area contributed by atoms with Gasteiger partial charge in [-0.1, -0.05) is 17.3 Å². The van der Waals surface area contributed by atoms with Gasteiger partial charge < -0.3 is 19.1 Å². The first-order valence-electron chi connectivity index (χ1n) is 9.37. The number of aliphatic hydroxyl groups is 1. The molecule has 0 saturated heterocycles. The normalized spacial score (nSPS) is 14.4. The minimum atomic E-state index is -4.81. The van der Waals surface area contributed by atoms with E-state index >= 15 is 0 Å². The third-order valence-electron chi connectivity index (χ3n) is 4.94. The first-order valence-corrected chi connectivity index (χ1v) is 9.37. The third-order valence-corrected chi connectivity index (χ3v) is 4.94. The fraction of sp³-hybridized carbons (Fsp3) is 0.368. The second kappa shape index (κ2) is 8.24. The molecule has 0 aliphatic carbocycles. The van der Waals surface area contributed by atoms with Crippen LogP contribution in [0.25, 0.3) is 0 Å². The lowest BCUT2D eigenvalue weighted by atomic mass is 10.1. The largest absolute Gasteiger partial charge is 0.573 e. The summed E-state index contributed by atoms with van der Waals surface area (Å²) in [5, 5.41) is 14.0. The van der Waals surface area contributed by atoms with E-state index in [0.717, 1.165) is 16.7 Å². The van der Waals surface area contributed by atoms with Gasteiger partial charge in [-0.15, -0.1) is 13.2 Å². The molecule has 170 valence electrons. The fourth-order valence-corrected chi connectivity index (χ4v) is 3.35. The number of aromatic nitrogens is 4. The molecular weight excluding hydrogens is 437 g/mol. The van der Waals surface area contributed by atoms with Crippen LogP contribution in [0, 0.1) is 0 Å². The number of alkyl halides is 3. The molecule has 1 atom stereocenters. The first kappa shape index (κ1) is 21.8. The lowest BCUT2D eigenvalue weighted by Crippen LogP contribution is -2.42. The molecule has 0 saturated carbocycles. The highest BCUT2D eigenvalue weighted by atomic mass is 19.4. The van der Waals surface area contributed by atoms with E-state index < -0.39 is 29.5 Å². The van der Waals surface area contributed by atoms with Crippen LogP contribution in [0.1, 0.15) is 34.6 Å². The van der Waals surface area contributed by atoms with Crippen molar-refractivity contribution < 1.29 is 32.3 Å². The van der Waals surface area contributed by atoms with Gasteiger partial charge in [-0.3, -0.25) is 13.9 Å². The molecule has 4 rings (SSSR count). The number of hydrogen-bond acceptors (Lipinski definition) is 8. The SMILES string of the molecule is Cn1c2c(c(=O)n(Cc3nc(C[C@H](O)c4ccc(OC(F)(F)F)cc4)no3)c1=O)COC2. The Morgan fingerprint density at radius 2 is 1.94 bits per heavy atom. The molecule has 0 amide bonds. The molecule has 2 aromatic heterocycles. The summed E-state index contributed by atoms with van der Waals surface area (Å²) in [7, 11) is 1.53. The Balaban J connectivity index is 1.47. The van der Waals surface area contributed by atoms with E-state index in [1.54, 1.807) is 0 Å². The van der Waals surface area contributed by atoms with Crippen LogP contribution in [0.3, 0.4) is 0 Å². The van der Waals surface area contributed by atoms with Crippen LogP contribution < -0.4 is 16.0 Å². The molecule has 0 spiro atoms. The van der Waals surface area contributed by atoms with Gasteiger partial charge in [0.1, 0.15) is 12.3 Å². The highest BCUT2D eigenvalue weighted by Crippen LogP contribution is 2.25. The van der Waals surface area contributed by atoms with Crippen LogP contribution >= 0.6 is 0 Å². The van der Waals surface area contributed by atoms with Crippen molar-refractivity contribution >= 4 is 0 Å². The molecule has 1 N–H and O–H groups in total. The van der Waals surface area contributed by atoms with E-state index in [2.05, 4.69) is 14.9 Å². The van der Waals surface area contributed by atoms with Crippen LogP contribution in [-0.2, 0) is 38.0 Å². The molecule has 1 aromatic carbocycles. The number of nitrogens with zero attached hydrogens (tertiary/aromatic N) is 4. The number of benzene rings is 1. The predicted molar refractivity (Wildman–Crippen MR) is 99.6 cm³/mol. The smallest absolute Gasteiger partial charge is 0.406 e. The Morgan fingerprint density at radius 1 is 1.22 bits per heavy atom. The van der Waals surface area contributed by atoms with Crippen molar-refractivity contribution in [3.63, 3.8) is 0 Å². The van der Waals surface area contributed by atoms with Gasteiger partial charge in [-0.25, -0.2) is 4.79 Å². The third kappa shape index (κ3) is 4.43. The molecule has 0 unspecified atom stereocenters. The van der Waals surface area contributed by atoms with Crippen molar-refractivity contribution in [3.8, 4) is 5.75 Å². The van der Waals surface area contributed by atoms with Gasteiger partial charge in [0.05, 0.1) is 30.6 Å². The molecule has 0 fully saturated rings. The molecule has 10 nitrogen and oxygen atoms in total. The zero-order chi connectivity index (χ0) is 23.0. The molecular formula is C19H17F3N4O6. The minimum Gasteiger partial charge on any atom is -0.406 e. The van der Waals surface area contributed by atoms with Gasteiger partial charge in [-0.2, -0.15) is 4.98 Å². The lowest BCUT2D eigenvalue weighted by molar-refractivity contribution is -0.274. The molecule has 13 heteroatoms. The molecule has 32 heavy (non-hydrogen) atoms. The number of hydrogen-bond donors (Lipinski definition) is 1. The van der Waals surface area contributed by atoms with Gasteiger partial charge in [0.25, 0.3) is 5.56 Å². The summed E-state index contributed by atoms with van der Waals surface area (Å²) in [4.78, 5) is 29.2. The van der Waals surface area contributed by atoms with Crippen molar-refractivity contribution in [3.05, 3.63) is 73.6 Å². The Kier molecular flexibility index (Phi) is 5.60. The summed E-state index contributed by atoms with van der Waals surface area (Å²) in [6.45, 7) is 0.0325. The maximum Gasteiger partial charge on any atom is 0.573 e. The lowest BCUT2D eigenvalue weighted by Gasteiger charge is -2.11. The van der Waals surface area contributed by atoms with Gasteiger partial charge in [0.15, 0.2) is 5.82 Å². The van der Waals surface area contributed by atoms with E-state index in [-0.39, 0.29) is 37.9 Å². The predicted octanol–water partition coefficient (Wildman–Crippen LogP) is 1.18. The van der Waals surface area contributed by atoms with Crippen molar-refractivity contribution in [1.29, 1.82) is 0 Å². The maximum atomic E-state index is 12.6. The summed E-state index contributed by atoms with van der Waals surface area (Å²) in [5.74, 6) is -0.334. The second-order valence-electron chi connectivity index (χ2n) is 7.09. The van der Waals surface area contributed by atoms with E-state index in [1.165, 1.54) is 23.7 Å². The quantitative estimate of drug-likeness (QED) is 0.590. The number of ether oxygens (including phenoxy) is 2. The molecule has 3 aromatic rings. The monoisotopic (exact) mass is 454 g/mol. The van der Waals surface area contributed by atoms with Gasteiger partial charge in [0, 0.05) is 13.5 Å². The highest BCUT2D eigenvalue weighted by molar-refractivity contribution is 5.29. The van der Waals surface area contributed by atoms with Crippen molar-refractivity contribution in [2.24, 2.45) is 7.05 Å². The molecule has 3 heterocycles. The van der Waals surface area contributed by atoms with Crippen LogP contribution in [0.5, 0.6) is 5.75 Å². The summed E-state index contributed by atoms with van der Waals surface area (Å²) >= 11 is 0. The summed E-state index contributed by atoms with van der Waals surface area (Å²) < 4.78 is 53.1.